The predicted octanol–water partition coefficient (Wildman–Crippen LogP) is 5.13. The molecule has 1 N–H and O–H groups in total. The Hall–Kier alpha value is -1.18. The SMILES string of the molecule is CCC1(CC)Cc2c(cc(C(C)C)c(O)c2C(C)C)O1. The maximum absolute atomic E-state index is 10.7. The van der Waals surface area contributed by atoms with E-state index in [1.54, 1.807) is 0 Å². The van der Waals surface area contributed by atoms with Gasteiger partial charge in [0.25, 0.3) is 0 Å². The molecule has 0 atom stereocenters. The van der Waals surface area contributed by atoms with Crippen LogP contribution in [-0.2, 0) is 6.42 Å². The molecule has 2 nitrogen and oxygen atoms in total. The Kier molecular flexibility index (Phi) is 4.04. The summed E-state index contributed by atoms with van der Waals surface area (Å²) in [6.45, 7) is 12.9. The van der Waals surface area contributed by atoms with Crippen molar-refractivity contribution in [2.75, 3.05) is 0 Å². The smallest absolute Gasteiger partial charge is 0.124 e. The minimum atomic E-state index is -0.0754. The highest BCUT2D eigenvalue weighted by atomic mass is 16.5. The molecule has 20 heavy (non-hydrogen) atoms. The first kappa shape index (κ1) is 15.2. The van der Waals surface area contributed by atoms with Gasteiger partial charge in [-0.3, -0.25) is 0 Å². The number of hydrogen-bond donors (Lipinski definition) is 1. The lowest BCUT2D eigenvalue weighted by Gasteiger charge is -2.25. The lowest BCUT2D eigenvalue weighted by atomic mass is 9.84. The summed E-state index contributed by atoms with van der Waals surface area (Å²) in [6.07, 6.45) is 2.94. The van der Waals surface area contributed by atoms with Gasteiger partial charge in [0, 0.05) is 23.1 Å². The van der Waals surface area contributed by atoms with E-state index in [0.717, 1.165) is 36.1 Å². The van der Waals surface area contributed by atoms with Crippen LogP contribution in [0.1, 0.15) is 82.9 Å². The monoisotopic (exact) mass is 276 g/mol. The van der Waals surface area contributed by atoms with Crippen molar-refractivity contribution in [3.63, 3.8) is 0 Å². The van der Waals surface area contributed by atoms with E-state index >= 15 is 0 Å². The van der Waals surface area contributed by atoms with Crippen LogP contribution in [0.25, 0.3) is 0 Å². The van der Waals surface area contributed by atoms with Gasteiger partial charge in [-0.15, -0.1) is 0 Å². The maximum Gasteiger partial charge on any atom is 0.124 e. The number of hydrogen-bond acceptors (Lipinski definition) is 2. The van der Waals surface area contributed by atoms with Crippen molar-refractivity contribution in [3.8, 4) is 11.5 Å². The second-order valence-corrected chi connectivity index (χ2v) is 6.68. The summed E-state index contributed by atoms with van der Waals surface area (Å²) in [4.78, 5) is 0. The summed E-state index contributed by atoms with van der Waals surface area (Å²) in [5.74, 6) is 2.11. The van der Waals surface area contributed by atoms with Crippen molar-refractivity contribution in [2.24, 2.45) is 0 Å². The van der Waals surface area contributed by atoms with Gasteiger partial charge in [0.15, 0.2) is 0 Å². The van der Waals surface area contributed by atoms with Crippen molar-refractivity contribution >= 4 is 0 Å². The van der Waals surface area contributed by atoms with E-state index in [9.17, 15) is 5.11 Å². The normalized spacial score (nSPS) is 16.6. The summed E-state index contributed by atoms with van der Waals surface area (Å²) in [6, 6.07) is 2.06. The van der Waals surface area contributed by atoms with Crippen LogP contribution >= 0.6 is 0 Å². The molecule has 2 rings (SSSR count). The molecule has 0 aliphatic carbocycles. The minimum absolute atomic E-state index is 0.0754. The fourth-order valence-electron chi connectivity index (χ4n) is 3.30. The van der Waals surface area contributed by atoms with Gasteiger partial charge in [-0.1, -0.05) is 41.5 Å². The van der Waals surface area contributed by atoms with Crippen LogP contribution in [0.2, 0.25) is 0 Å². The van der Waals surface area contributed by atoms with E-state index in [2.05, 4.69) is 47.6 Å². The van der Waals surface area contributed by atoms with Crippen LogP contribution in [0.4, 0.5) is 0 Å². The van der Waals surface area contributed by atoms with Gasteiger partial charge < -0.3 is 9.84 Å². The molecule has 2 heteroatoms. The van der Waals surface area contributed by atoms with Gasteiger partial charge in [-0.25, -0.2) is 0 Å². The number of phenolic OH excluding ortho intramolecular Hbond substituents is 1. The van der Waals surface area contributed by atoms with E-state index in [0.29, 0.717) is 17.6 Å². The van der Waals surface area contributed by atoms with E-state index < -0.39 is 0 Å². The summed E-state index contributed by atoms with van der Waals surface area (Å²) in [5.41, 5.74) is 3.25. The Morgan fingerprint density at radius 3 is 2.20 bits per heavy atom. The van der Waals surface area contributed by atoms with Crippen LogP contribution in [0, 0.1) is 0 Å². The Labute approximate surface area is 123 Å². The van der Waals surface area contributed by atoms with Gasteiger partial charge >= 0.3 is 0 Å². The molecular weight excluding hydrogens is 248 g/mol. The van der Waals surface area contributed by atoms with E-state index in [1.165, 1.54) is 5.56 Å². The molecule has 1 heterocycles. The third kappa shape index (κ3) is 2.30. The lowest BCUT2D eigenvalue weighted by molar-refractivity contribution is 0.0857. The number of aromatic hydroxyl groups is 1. The Morgan fingerprint density at radius 1 is 1.15 bits per heavy atom. The molecule has 0 unspecified atom stereocenters. The average Bonchev–Trinajstić information content (AvgIpc) is 2.76. The second kappa shape index (κ2) is 5.31. The maximum atomic E-state index is 10.7. The van der Waals surface area contributed by atoms with Gasteiger partial charge in [-0.05, 0) is 30.7 Å². The molecule has 1 aliphatic heterocycles. The van der Waals surface area contributed by atoms with Gasteiger partial charge in [0.05, 0.1) is 0 Å². The van der Waals surface area contributed by atoms with Crippen molar-refractivity contribution in [2.45, 2.75) is 78.2 Å². The second-order valence-electron chi connectivity index (χ2n) is 6.68. The fraction of sp³-hybridized carbons (Fsp3) is 0.667. The molecule has 0 saturated carbocycles. The highest BCUT2D eigenvalue weighted by Crippen LogP contribution is 2.48. The molecule has 1 aromatic rings. The molecule has 0 radical (unpaired) electrons. The largest absolute Gasteiger partial charge is 0.507 e. The Morgan fingerprint density at radius 2 is 1.75 bits per heavy atom. The highest BCUT2D eigenvalue weighted by molar-refractivity contribution is 5.57. The van der Waals surface area contributed by atoms with Gasteiger partial charge in [-0.2, -0.15) is 0 Å². The zero-order chi connectivity index (χ0) is 15.1. The fourth-order valence-corrected chi connectivity index (χ4v) is 3.30. The first-order valence-electron chi connectivity index (χ1n) is 7.92. The first-order chi connectivity index (χ1) is 9.35. The Balaban J connectivity index is 2.61. The molecule has 0 bridgehead atoms. The molecule has 1 aliphatic rings. The average molecular weight is 276 g/mol. The van der Waals surface area contributed by atoms with Crippen LogP contribution in [0.15, 0.2) is 6.07 Å². The molecule has 0 amide bonds. The molecule has 112 valence electrons. The van der Waals surface area contributed by atoms with E-state index in [-0.39, 0.29) is 5.60 Å². The number of fused-ring (bicyclic) bond motifs is 1. The minimum Gasteiger partial charge on any atom is -0.507 e. The van der Waals surface area contributed by atoms with Crippen LogP contribution in [-0.4, -0.2) is 10.7 Å². The Bertz CT molecular complexity index is 497. The van der Waals surface area contributed by atoms with Crippen LogP contribution in [0.5, 0.6) is 11.5 Å². The summed E-state index contributed by atoms with van der Waals surface area (Å²) < 4.78 is 6.32. The zero-order valence-electron chi connectivity index (χ0n) is 13.7. The number of phenols is 1. The standard InChI is InChI=1S/C18H28O2/c1-7-18(8-2)10-14-15(20-18)9-13(11(3)4)17(19)16(14)12(5)6/h9,11-12,19H,7-8,10H2,1-6H3. The lowest BCUT2D eigenvalue weighted by Crippen LogP contribution is -2.32. The highest BCUT2D eigenvalue weighted by Gasteiger charge is 2.39. The van der Waals surface area contributed by atoms with Gasteiger partial charge in [0.1, 0.15) is 17.1 Å². The van der Waals surface area contributed by atoms with Crippen molar-refractivity contribution in [3.05, 3.63) is 22.8 Å². The van der Waals surface area contributed by atoms with E-state index in [4.69, 9.17) is 4.74 Å². The third-order valence-corrected chi connectivity index (χ3v) is 4.75. The summed E-state index contributed by atoms with van der Waals surface area (Å²) in [5, 5.41) is 10.7. The first-order valence-corrected chi connectivity index (χ1v) is 7.92. The zero-order valence-corrected chi connectivity index (χ0v) is 13.7. The third-order valence-electron chi connectivity index (χ3n) is 4.75. The van der Waals surface area contributed by atoms with Crippen LogP contribution < -0.4 is 4.74 Å². The number of benzene rings is 1. The molecule has 0 spiro atoms. The molecule has 0 saturated heterocycles. The predicted molar refractivity (Wildman–Crippen MR) is 83.9 cm³/mol. The van der Waals surface area contributed by atoms with Crippen molar-refractivity contribution < 1.29 is 9.84 Å². The van der Waals surface area contributed by atoms with Crippen molar-refractivity contribution in [1.29, 1.82) is 0 Å². The topological polar surface area (TPSA) is 29.5 Å². The van der Waals surface area contributed by atoms with Crippen LogP contribution in [0.3, 0.4) is 0 Å². The van der Waals surface area contributed by atoms with Crippen molar-refractivity contribution in [1.82, 2.24) is 0 Å². The summed E-state index contributed by atoms with van der Waals surface area (Å²) >= 11 is 0. The number of ether oxygens (including phenoxy) is 1. The quantitative estimate of drug-likeness (QED) is 0.825. The van der Waals surface area contributed by atoms with E-state index in [1.807, 2.05) is 0 Å². The van der Waals surface area contributed by atoms with Gasteiger partial charge in [0.2, 0.25) is 0 Å². The molecule has 0 aromatic heterocycles. The number of rotatable bonds is 4. The molecular formula is C18H28O2. The summed E-state index contributed by atoms with van der Waals surface area (Å²) in [7, 11) is 0. The molecule has 1 aromatic carbocycles. The molecule has 0 fully saturated rings.